The Morgan fingerprint density at radius 3 is 2.56 bits per heavy atom. The topological polar surface area (TPSA) is 20.3 Å². The fourth-order valence-corrected chi connectivity index (χ4v) is 2.47. The second-order valence-electron chi connectivity index (χ2n) is 3.76. The Kier molecular flexibility index (Phi) is 5.75. The normalized spacial score (nSPS) is 10.6. The Balaban J connectivity index is 2.95. The lowest BCUT2D eigenvalue weighted by Gasteiger charge is -2.26. The molecule has 0 fully saturated rings. The summed E-state index contributed by atoms with van der Waals surface area (Å²) in [6, 6.07) is 7.92. The molecule has 0 unspecified atom stereocenters. The van der Waals surface area contributed by atoms with Gasteiger partial charge in [-0.2, -0.15) is 0 Å². The number of amides is 1. The number of carbonyl (C=O) groups excluding carboxylic acids is 1. The molecule has 88 valence electrons. The maximum atomic E-state index is 12.3. The third-order valence-electron chi connectivity index (χ3n) is 2.31. The highest BCUT2D eigenvalue weighted by Gasteiger charge is 2.19. The van der Waals surface area contributed by atoms with Crippen molar-refractivity contribution in [2.75, 3.05) is 11.9 Å². The third-order valence-corrected chi connectivity index (χ3v) is 3.61. The molecule has 0 atom stereocenters. The van der Waals surface area contributed by atoms with E-state index >= 15 is 0 Å². The second-order valence-corrected chi connectivity index (χ2v) is 5.72. The summed E-state index contributed by atoms with van der Waals surface area (Å²) >= 11 is 5.58. The molecule has 0 radical (unpaired) electrons. The molecule has 0 spiro atoms. The average Bonchev–Trinajstić information content (AvgIpc) is 2.25. The highest BCUT2D eigenvalue weighted by atomic mass is 127. The predicted octanol–water partition coefficient (Wildman–Crippen LogP) is 3.54. The van der Waals surface area contributed by atoms with E-state index in [2.05, 4.69) is 38.5 Å². The molecule has 0 heterocycles. The molecule has 0 aliphatic rings. The number of hydrogen-bond donors (Lipinski definition) is 0. The van der Waals surface area contributed by atoms with Crippen molar-refractivity contribution >= 4 is 44.4 Å². The smallest absolute Gasteiger partial charge is 0.255 e. The minimum absolute atomic E-state index is 0.111. The highest BCUT2D eigenvalue weighted by Crippen LogP contribution is 2.15. The van der Waals surface area contributed by atoms with E-state index in [1.165, 1.54) is 0 Å². The van der Waals surface area contributed by atoms with Gasteiger partial charge in [0, 0.05) is 21.5 Å². The van der Waals surface area contributed by atoms with Crippen LogP contribution in [-0.2, 0) is 0 Å². The van der Waals surface area contributed by atoms with Gasteiger partial charge in [0.05, 0.1) is 5.56 Å². The molecule has 1 amide bonds. The van der Waals surface area contributed by atoms with Gasteiger partial charge in [-0.3, -0.25) is 4.79 Å². The first-order valence-corrected chi connectivity index (χ1v) is 7.39. The van der Waals surface area contributed by atoms with Crippen LogP contribution in [0.25, 0.3) is 0 Å². The van der Waals surface area contributed by atoms with Crippen molar-refractivity contribution in [2.45, 2.75) is 19.9 Å². The average molecular weight is 396 g/mol. The molecule has 4 heteroatoms. The zero-order valence-electron chi connectivity index (χ0n) is 9.41. The molecule has 2 nitrogen and oxygen atoms in total. The van der Waals surface area contributed by atoms with Gasteiger partial charge in [-0.15, -0.1) is 0 Å². The fourth-order valence-electron chi connectivity index (χ4n) is 1.47. The molecular formula is C12H15BrINO. The van der Waals surface area contributed by atoms with Crippen LogP contribution in [0.4, 0.5) is 0 Å². The van der Waals surface area contributed by atoms with Crippen molar-refractivity contribution < 1.29 is 4.79 Å². The summed E-state index contributed by atoms with van der Waals surface area (Å²) in [4.78, 5) is 14.2. The Morgan fingerprint density at radius 1 is 1.44 bits per heavy atom. The third kappa shape index (κ3) is 3.45. The maximum Gasteiger partial charge on any atom is 0.255 e. The Morgan fingerprint density at radius 2 is 2.06 bits per heavy atom. The van der Waals surface area contributed by atoms with Gasteiger partial charge in [-0.05, 0) is 48.6 Å². The summed E-state index contributed by atoms with van der Waals surface area (Å²) in [5.74, 6) is 0.111. The lowest BCUT2D eigenvalue weighted by molar-refractivity contribution is 0.0718. The SMILES string of the molecule is CC(C)N(CCBr)C(=O)c1ccccc1I. The number of benzene rings is 1. The minimum Gasteiger partial charge on any atom is -0.335 e. The van der Waals surface area contributed by atoms with Crippen LogP contribution < -0.4 is 0 Å². The number of nitrogens with zero attached hydrogens (tertiary/aromatic N) is 1. The van der Waals surface area contributed by atoms with Crippen LogP contribution in [0.5, 0.6) is 0 Å². The van der Waals surface area contributed by atoms with Crippen molar-refractivity contribution in [1.29, 1.82) is 0 Å². The number of carbonyl (C=O) groups is 1. The van der Waals surface area contributed by atoms with Crippen LogP contribution in [0.1, 0.15) is 24.2 Å². The predicted molar refractivity (Wildman–Crippen MR) is 79.1 cm³/mol. The molecule has 0 N–H and O–H groups in total. The lowest BCUT2D eigenvalue weighted by Crippen LogP contribution is -2.38. The van der Waals surface area contributed by atoms with Crippen LogP contribution in [0.3, 0.4) is 0 Å². The fraction of sp³-hybridized carbons (Fsp3) is 0.417. The van der Waals surface area contributed by atoms with Gasteiger partial charge in [-0.25, -0.2) is 0 Å². The second kappa shape index (κ2) is 6.59. The van der Waals surface area contributed by atoms with Crippen molar-refractivity contribution in [3.05, 3.63) is 33.4 Å². The van der Waals surface area contributed by atoms with Crippen molar-refractivity contribution in [2.24, 2.45) is 0 Å². The molecule has 16 heavy (non-hydrogen) atoms. The number of hydrogen-bond acceptors (Lipinski definition) is 1. The highest BCUT2D eigenvalue weighted by molar-refractivity contribution is 14.1. The lowest BCUT2D eigenvalue weighted by atomic mass is 10.2. The summed E-state index contributed by atoms with van der Waals surface area (Å²) in [7, 11) is 0. The molecule has 0 saturated heterocycles. The number of rotatable bonds is 4. The molecule has 0 saturated carbocycles. The standard InChI is InChI=1S/C12H15BrINO/c1-9(2)15(8-7-13)12(16)10-5-3-4-6-11(10)14/h3-6,9H,7-8H2,1-2H3. The molecule has 1 aromatic carbocycles. The van der Waals surface area contributed by atoms with Gasteiger partial charge >= 0.3 is 0 Å². The molecule has 0 aliphatic carbocycles. The van der Waals surface area contributed by atoms with E-state index in [4.69, 9.17) is 0 Å². The maximum absolute atomic E-state index is 12.3. The number of halogens is 2. The quantitative estimate of drug-likeness (QED) is 0.564. The zero-order chi connectivity index (χ0) is 12.1. The van der Waals surface area contributed by atoms with Gasteiger partial charge in [-0.1, -0.05) is 28.1 Å². The van der Waals surface area contributed by atoms with Crippen LogP contribution in [0.2, 0.25) is 0 Å². The van der Waals surface area contributed by atoms with E-state index in [0.29, 0.717) is 0 Å². The van der Waals surface area contributed by atoms with Gasteiger partial charge in [0.1, 0.15) is 0 Å². The molecule has 1 rings (SSSR count). The number of alkyl halides is 1. The Hall–Kier alpha value is -0.100. The Labute approximate surface area is 119 Å². The van der Waals surface area contributed by atoms with Crippen LogP contribution in [-0.4, -0.2) is 28.7 Å². The van der Waals surface area contributed by atoms with Gasteiger partial charge in [0.15, 0.2) is 0 Å². The van der Waals surface area contributed by atoms with E-state index in [-0.39, 0.29) is 11.9 Å². The van der Waals surface area contributed by atoms with E-state index < -0.39 is 0 Å². The van der Waals surface area contributed by atoms with E-state index in [0.717, 1.165) is 21.0 Å². The van der Waals surface area contributed by atoms with Gasteiger partial charge in [0.25, 0.3) is 5.91 Å². The summed E-state index contributed by atoms with van der Waals surface area (Å²) in [6.45, 7) is 4.81. The summed E-state index contributed by atoms with van der Waals surface area (Å²) < 4.78 is 1.00. The van der Waals surface area contributed by atoms with Crippen molar-refractivity contribution in [3.63, 3.8) is 0 Å². The van der Waals surface area contributed by atoms with E-state index in [1.54, 1.807) is 0 Å². The summed E-state index contributed by atoms with van der Waals surface area (Å²) in [5, 5.41) is 0.806. The van der Waals surface area contributed by atoms with Crippen LogP contribution >= 0.6 is 38.5 Å². The van der Waals surface area contributed by atoms with E-state index in [9.17, 15) is 4.79 Å². The van der Waals surface area contributed by atoms with Crippen molar-refractivity contribution in [1.82, 2.24) is 4.90 Å². The molecular weight excluding hydrogens is 381 g/mol. The van der Waals surface area contributed by atoms with Gasteiger partial charge in [0.2, 0.25) is 0 Å². The van der Waals surface area contributed by atoms with Crippen LogP contribution in [0.15, 0.2) is 24.3 Å². The molecule has 1 aromatic rings. The van der Waals surface area contributed by atoms with Gasteiger partial charge < -0.3 is 4.90 Å². The van der Waals surface area contributed by atoms with E-state index in [1.807, 2.05) is 43.0 Å². The minimum atomic E-state index is 0.111. The largest absolute Gasteiger partial charge is 0.335 e. The first-order valence-electron chi connectivity index (χ1n) is 5.19. The molecule has 0 bridgehead atoms. The molecule has 0 aromatic heterocycles. The van der Waals surface area contributed by atoms with Crippen LogP contribution in [0, 0.1) is 3.57 Å². The summed E-state index contributed by atoms with van der Waals surface area (Å²) in [6.07, 6.45) is 0. The zero-order valence-corrected chi connectivity index (χ0v) is 13.2. The molecule has 0 aliphatic heterocycles. The summed E-state index contributed by atoms with van der Waals surface area (Å²) in [5.41, 5.74) is 0.790. The van der Waals surface area contributed by atoms with Crippen molar-refractivity contribution in [3.8, 4) is 0 Å². The Bertz CT molecular complexity index is 368. The first kappa shape index (κ1) is 14.0. The first-order chi connectivity index (χ1) is 7.57. The monoisotopic (exact) mass is 395 g/mol.